The summed E-state index contributed by atoms with van der Waals surface area (Å²) < 4.78 is 36.4. The maximum absolute atomic E-state index is 13.5. The fraction of sp³-hybridized carbons (Fsp3) is 0.560. The summed E-state index contributed by atoms with van der Waals surface area (Å²) in [7, 11) is -1.61. The van der Waals surface area contributed by atoms with E-state index in [1.807, 2.05) is 19.2 Å². The Morgan fingerprint density at radius 3 is 2.68 bits per heavy atom. The molecule has 200 valence electrons. The summed E-state index contributed by atoms with van der Waals surface area (Å²) in [4.78, 5) is 11.8. The largest absolute Gasteiger partial charge is 0.459 e. The number of fused-ring (bicyclic) bond motifs is 1. The van der Waals surface area contributed by atoms with E-state index in [0.717, 1.165) is 44.6 Å². The van der Waals surface area contributed by atoms with Crippen LogP contribution in [0, 0.1) is 0 Å². The molecular formula is C25H36N8O3S. The summed E-state index contributed by atoms with van der Waals surface area (Å²) in [5.41, 5.74) is 2.35. The third-order valence-electron chi connectivity index (χ3n) is 7.01. The Bertz CT molecular complexity index is 1330. The van der Waals surface area contributed by atoms with Crippen LogP contribution >= 0.6 is 0 Å². The van der Waals surface area contributed by atoms with Gasteiger partial charge in [0.05, 0.1) is 11.1 Å². The zero-order valence-electron chi connectivity index (χ0n) is 21.7. The van der Waals surface area contributed by atoms with Gasteiger partial charge in [0.2, 0.25) is 16.0 Å². The van der Waals surface area contributed by atoms with Crippen LogP contribution in [0.15, 0.2) is 35.4 Å². The summed E-state index contributed by atoms with van der Waals surface area (Å²) in [6, 6.07) is 7.43. The van der Waals surface area contributed by atoms with Gasteiger partial charge in [0, 0.05) is 44.8 Å². The Balaban J connectivity index is 1.43. The lowest BCUT2D eigenvalue weighted by Gasteiger charge is -2.32. The number of piperidine rings is 1. The molecule has 0 radical (unpaired) electrons. The molecule has 1 aromatic carbocycles. The molecule has 2 saturated heterocycles. The summed E-state index contributed by atoms with van der Waals surface area (Å²) in [5, 5.41) is 11.2. The fourth-order valence-corrected chi connectivity index (χ4v) is 6.41. The quantitative estimate of drug-likeness (QED) is 0.452. The van der Waals surface area contributed by atoms with Gasteiger partial charge < -0.3 is 20.3 Å². The van der Waals surface area contributed by atoms with E-state index in [9.17, 15) is 8.42 Å². The van der Waals surface area contributed by atoms with Gasteiger partial charge in [0.15, 0.2) is 5.65 Å². The molecule has 2 aliphatic heterocycles. The van der Waals surface area contributed by atoms with E-state index in [-0.39, 0.29) is 18.6 Å². The number of benzene rings is 1. The van der Waals surface area contributed by atoms with E-state index in [1.54, 1.807) is 27.2 Å². The maximum Gasteiger partial charge on any atom is 0.322 e. The van der Waals surface area contributed by atoms with Gasteiger partial charge >= 0.3 is 6.01 Å². The van der Waals surface area contributed by atoms with Crippen LogP contribution in [-0.2, 0) is 16.6 Å². The highest BCUT2D eigenvalue weighted by molar-refractivity contribution is 7.89. The molecule has 5 rings (SSSR count). The molecule has 2 aromatic heterocycles. The highest BCUT2D eigenvalue weighted by Crippen LogP contribution is 2.26. The van der Waals surface area contributed by atoms with E-state index in [1.165, 1.54) is 0 Å². The highest BCUT2D eigenvalue weighted by Gasteiger charge is 2.29. The lowest BCUT2D eigenvalue weighted by molar-refractivity contribution is 0.153. The smallest absolute Gasteiger partial charge is 0.322 e. The first-order valence-corrected chi connectivity index (χ1v) is 14.4. The number of hydrogen-bond donors (Lipinski definition) is 2. The molecule has 4 heterocycles. The molecule has 12 heteroatoms. The third kappa shape index (κ3) is 5.57. The van der Waals surface area contributed by atoms with Crippen molar-refractivity contribution in [1.82, 2.24) is 34.1 Å². The lowest BCUT2D eigenvalue weighted by Crippen LogP contribution is -2.47. The molecule has 0 bridgehead atoms. The van der Waals surface area contributed by atoms with Gasteiger partial charge in [0.25, 0.3) is 0 Å². The number of piperazine rings is 1. The van der Waals surface area contributed by atoms with Crippen LogP contribution in [0.4, 0.5) is 5.95 Å². The Hall–Kier alpha value is -2.80. The molecule has 0 amide bonds. The molecule has 3 aromatic rings. The molecule has 1 atom stereocenters. The minimum absolute atomic E-state index is 0.00364. The molecule has 0 unspecified atom stereocenters. The zero-order chi connectivity index (χ0) is 26.0. The average Bonchev–Trinajstić information content (AvgIpc) is 3.33. The second-order valence-electron chi connectivity index (χ2n) is 10.1. The topological polar surface area (TPSA) is 117 Å². The SMILES string of the molecule is CC(C)c1cnn2c(NCc3ccccc3S(=O)(=O)N3CCN(C)CC3)nc(O[C@@H]3CCCNC3)nc12. The first kappa shape index (κ1) is 25.8. The predicted molar refractivity (Wildman–Crippen MR) is 141 cm³/mol. The second kappa shape index (κ2) is 10.9. The van der Waals surface area contributed by atoms with Crippen molar-refractivity contribution in [2.75, 3.05) is 51.6 Å². The van der Waals surface area contributed by atoms with Crippen LogP contribution < -0.4 is 15.4 Å². The molecule has 0 aliphatic carbocycles. The van der Waals surface area contributed by atoms with Crippen molar-refractivity contribution >= 4 is 21.6 Å². The summed E-state index contributed by atoms with van der Waals surface area (Å²) in [5.74, 6) is 0.682. The van der Waals surface area contributed by atoms with E-state index in [4.69, 9.17) is 4.74 Å². The zero-order valence-corrected chi connectivity index (χ0v) is 22.5. The molecule has 0 spiro atoms. The first-order chi connectivity index (χ1) is 17.8. The standard InChI is InChI=1S/C25H36N8O3S/c1-18(2)21-17-28-33-23(21)29-25(36-20-8-6-10-26-16-20)30-24(33)27-15-19-7-4-5-9-22(19)37(34,35)32-13-11-31(3)12-14-32/h4-5,7,9,17-18,20,26H,6,8,10-16H2,1-3H3,(H,27,29,30)/t20-/m1/s1. The van der Waals surface area contributed by atoms with Crippen molar-refractivity contribution in [2.45, 2.75) is 50.2 Å². The monoisotopic (exact) mass is 528 g/mol. The van der Waals surface area contributed by atoms with Crippen LogP contribution in [0.1, 0.15) is 43.7 Å². The van der Waals surface area contributed by atoms with Crippen molar-refractivity contribution in [3.8, 4) is 6.01 Å². The summed E-state index contributed by atoms with van der Waals surface area (Å²) in [6.07, 6.45) is 3.79. The molecule has 2 N–H and O–H groups in total. The van der Waals surface area contributed by atoms with E-state index >= 15 is 0 Å². The van der Waals surface area contributed by atoms with Gasteiger partial charge in [-0.3, -0.25) is 0 Å². The Morgan fingerprint density at radius 1 is 1.16 bits per heavy atom. The van der Waals surface area contributed by atoms with Crippen molar-refractivity contribution < 1.29 is 13.2 Å². The highest BCUT2D eigenvalue weighted by atomic mass is 32.2. The number of ether oxygens (including phenoxy) is 1. The van der Waals surface area contributed by atoms with E-state index < -0.39 is 10.0 Å². The van der Waals surface area contributed by atoms with Crippen molar-refractivity contribution in [3.05, 3.63) is 41.6 Å². The fourth-order valence-electron chi connectivity index (χ4n) is 4.76. The van der Waals surface area contributed by atoms with E-state index in [0.29, 0.717) is 41.2 Å². The van der Waals surface area contributed by atoms with Crippen LogP contribution in [0.25, 0.3) is 5.65 Å². The summed E-state index contributed by atoms with van der Waals surface area (Å²) in [6.45, 7) is 8.59. The maximum atomic E-state index is 13.5. The van der Waals surface area contributed by atoms with Gasteiger partial charge in [-0.25, -0.2) is 8.42 Å². The van der Waals surface area contributed by atoms with Crippen LogP contribution in [-0.4, -0.2) is 89.6 Å². The van der Waals surface area contributed by atoms with Crippen molar-refractivity contribution in [3.63, 3.8) is 0 Å². The third-order valence-corrected chi connectivity index (χ3v) is 9.01. The lowest BCUT2D eigenvalue weighted by atomic mass is 10.1. The number of rotatable bonds is 8. The van der Waals surface area contributed by atoms with Gasteiger partial charge in [-0.05, 0) is 44.0 Å². The van der Waals surface area contributed by atoms with Gasteiger partial charge in [-0.1, -0.05) is 32.0 Å². The number of nitrogens with zero attached hydrogens (tertiary/aromatic N) is 6. The molecule has 0 saturated carbocycles. The van der Waals surface area contributed by atoms with E-state index in [2.05, 4.69) is 44.4 Å². The van der Waals surface area contributed by atoms with Crippen molar-refractivity contribution in [1.29, 1.82) is 0 Å². The number of likely N-dealkylation sites (N-methyl/N-ethyl adjacent to an activating group) is 1. The van der Waals surface area contributed by atoms with Gasteiger partial charge in [-0.2, -0.15) is 23.9 Å². The minimum atomic E-state index is -3.62. The number of hydrogen-bond acceptors (Lipinski definition) is 9. The molecular weight excluding hydrogens is 492 g/mol. The second-order valence-corrected chi connectivity index (χ2v) is 12.0. The molecule has 2 fully saturated rings. The van der Waals surface area contributed by atoms with Crippen LogP contribution in [0.3, 0.4) is 0 Å². The minimum Gasteiger partial charge on any atom is -0.459 e. The van der Waals surface area contributed by atoms with Crippen LogP contribution in [0.5, 0.6) is 6.01 Å². The Morgan fingerprint density at radius 2 is 1.95 bits per heavy atom. The van der Waals surface area contributed by atoms with Gasteiger partial charge in [0.1, 0.15) is 6.10 Å². The Kier molecular flexibility index (Phi) is 7.61. The molecule has 37 heavy (non-hydrogen) atoms. The van der Waals surface area contributed by atoms with Gasteiger partial charge in [-0.15, -0.1) is 0 Å². The Labute approximate surface area is 218 Å². The number of sulfonamides is 1. The average molecular weight is 529 g/mol. The summed E-state index contributed by atoms with van der Waals surface area (Å²) >= 11 is 0. The molecule has 11 nitrogen and oxygen atoms in total. The molecule has 2 aliphatic rings. The predicted octanol–water partition coefficient (Wildman–Crippen LogP) is 1.93. The number of nitrogens with one attached hydrogen (secondary N) is 2. The number of anilines is 1. The van der Waals surface area contributed by atoms with Crippen LogP contribution in [0.2, 0.25) is 0 Å². The first-order valence-electron chi connectivity index (χ1n) is 13.0. The van der Waals surface area contributed by atoms with Crippen molar-refractivity contribution in [2.24, 2.45) is 0 Å². The number of aromatic nitrogens is 4. The normalized spacial score (nSPS) is 19.9.